The number of benzene rings is 1. The first kappa shape index (κ1) is 12.4. The Hall–Kier alpha value is -1.69. The minimum Gasteiger partial charge on any atom is -0.402 e. The van der Waals surface area contributed by atoms with Crippen LogP contribution < -0.4 is 0 Å². The van der Waals surface area contributed by atoms with Gasteiger partial charge in [0, 0.05) is 12.4 Å². The Balaban J connectivity index is 0.000000124. The molecule has 3 N–H and O–H groups in total. The number of pyridine rings is 1. The van der Waals surface area contributed by atoms with Gasteiger partial charge in [-0.1, -0.05) is 30.3 Å². The van der Waals surface area contributed by atoms with Crippen molar-refractivity contribution in [2.24, 2.45) is 0 Å². The average Bonchev–Trinajstić information content (AvgIpc) is 2.26. The topological polar surface area (TPSA) is 73.6 Å². The van der Waals surface area contributed by atoms with Crippen molar-refractivity contribution in [2.75, 3.05) is 0 Å². The highest BCUT2D eigenvalue weighted by atomic mass is 16.5. The number of hydrogen-bond donors (Lipinski definition) is 3. The van der Waals surface area contributed by atoms with E-state index in [1.54, 1.807) is 12.4 Å². The first-order valence-electron chi connectivity index (χ1n) is 4.70. The molecular formula is C11H12BNO3. The molecule has 4 nitrogen and oxygen atoms in total. The van der Waals surface area contributed by atoms with Crippen molar-refractivity contribution in [3.63, 3.8) is 0 Å². The van der Waals surface area contributed by atoms with Crippen LogP contribution in [-0.2, 0) is 0 Å². The molecule has 1 aromatic heterocycles. The molecule has 16 heavy (non-hydrogen) atoms. The third kappa shape index (κ3) is 4.70. The van der Waals surface area contributed by atoms with Crippen LogP contribution in [0.25, 0.3) is 11.1 Å². The highest BCUT2D eigenvalue weighted by molar-refractivity contribution is 6.30. The van der Waals surface area contributed by atoms with Crippen LogP contribution in [0.2, 0.25) is 0 Å². The van der Waals surface area contributed by atoms with E-state index in [2.05, 4.69) is 29.2 Å². The van der Waals surface area contributed by atoms with E-state index in [1.165, 1.54) is 11.1 Å². The van der Waals surface area contributed by atoms with Crippen LogP contribution in [0.5, 0.6) is 0 Å². The summed E-state index contributed by atoms with van der Waals surface area (Å²) in [6.07, 6.45) is 3.50. The second-order valence-corrected chi connectivity index (χ2v) is 2.95. The van der Waals surface area contributed by atoms with E-state index in [4.69, 9.17) is 15.1 Å². The predicted octanol–water partition coefficient (Wildman–Crippen LogP) is 0.697. The van der Waals surface area contributed by atoms with Gasteiger partial charge >= 0.3 is 7.32 Å². The van der Waals surface area contributed by atoms with Crippen LogP contribution in [-0.4, -0.2) is 27.4 Å². The summed E-state index contributed by atoms with van der Waals surface area (Å²) in [6, 6.07) is 14.2. The number of rotatable bonds is 0. The van der Waals surface area contributed by atoms with E-state index in [0.717, 1.165) is 0 Å². The van der Waals surface area contributed by atoms with Crippen molar-refractivity contribution in [3.05, 3.63) is 54.9 Å². The summed E-state index contributed by atoms with van der Waals surface area (Å²) in [5.41, 5.74) is 2.85. The van der Waals surface area contributed by atoms with Crippen molar-refractivity contribution in [3.8, 4) is 11.1 Å². The lowest BCUT2D eigenvalue weighted by atomic mass is 9.95. The van der Waals surface area contributed by atoms with E-state index >= 15 is 0 Å². The first-order chi connectivity index (χ1) is 7.70. The molecule has 0 unspecified atom stereocenters. The highest BCUT2D eigenvalue weighted by Crippen LogP contribution is 2.29. The van der Waals surface area contributed by atoms with Gasteiger partial charge in [0.05, 0.1) is 0 Å². The lowest BCUT2D eigenvalue weighted by Crippen LogP contribution is -2.07. The van der Waals surface area contributed by atoms with E-state index in [1.807, 2.05) is 18.2 Å². The Kier molecular flexibility index (Phi) is 5.21. The monoisotopic (exact) mass is 217 g/mol. The summed E-state index contributed by atoms with van der Waals surface area (Å²) in [5, 5.41) is 21.5. The fourth-order valence-corrected chi connectivity index (χ4v) is 0.975. The fourth-order valence-electron chi connectivity index (χ4n) is 0.975. The van der Waals surface area contributed by atoms with Gasteiger partial charge in [-0.05, 0) is 23.3 Å². The van der Waals surface area contributed by atoms with Crippen LogP contribution >= 0.6 is 0 Å². The highest BCUT2D eigenvalue weighted by Gasteiger charge is 2.03. The number of nitrogens with zero attached hydrogens (tertiary/aromatic N) is 1. The molecular weight excluding hydrogens is 205 g/mol. The third-order valence-corrected chi connectivity index (χ3v) is 1.78. The predicted molar refractivity (Wildman–Crippen MR) is 62.1 cm³/mol. The number of hydrogen-bond acceptors (Lipinski definition) is 4. The van der Waals surface area contributed by atoms with E-state index in [9.17, 15) is 0 Å². The molecule has 0 saturated carbocycles. The second kappa shape index (κ2) is 6.74. The van der Waals surface area contributed by atoms with E-state index in [-0.39, 0.29) is 0 Å². The van der Waals surface area contributed by atoms with Gasteiger partial charge in [-0.3, -0.25) is 4.98 Å². The number of aromatic nitrogens is 1. The quantitative estimate of drug-likeness (QED) is 0.484. The molecule has 0 radical (unpaired) electrons. The SMILES string of the molecule is OB(O)O.c1cc2ccc1-2.c1ccncc1. The van der Waals surface area contributed by atoms with E-state index in [0.29, 0.717) is 0 Å². The van der Waals surface area contributed by atoms with Crippen molar-refractivity contribution >= 4 is 7.32 Å². The maximum Gasteiger partial charge on any atom is 0.631 e. The zero-order chi connectivity index (χ0) is 11.8. The molecule has 82 valence electrons. The van der Waals surface area contributed by atoms with Gasteiger partial charge in [0.2, 0.25) is 0 Å². The molecule has 0 bridgehead atoms. The smallest absolute Gasteiger partial charge is 0.402 e. The molecule has 0 spiro atoms. The molecule has 1 heterocycles. The van der Waals surface area contributed by atoms with Gasteiger partial charge in [0.25, 0.3) is 0 Å². The lowest BCUT2D eigenvalue weighted by Gasteiger charge is -2.10. The van der Waals surface area contributed by atoms with Gasteiger partial charge in [0.15, 0.2) is 0 Å². The fraction of sp³-hybridized carbons (Fsp3) is 0. The Morgan fingerprint density at radius 2 is 1.12 bits per heavy atom. The first-order valence-corrected chi connectivity index (χ1v) is 4.70. The van der Waals surface area contributed by atoms with Gasteiger partial charge < -0.3 is 15.1 Å². The maximum absolute atomic E-state index is 7.17. The van der Waals surface area contributed by atoms with Crippen LogP contribution in [0.4, 0.5) is 0 Å². The summed E-state index contributed by atoms with van der Waals surface area (Å²) in [4.78, 5) is 3.78. The second-order valence-electron chi connectivity index (χ2n) is 2.95. The van der Waals surface area contributed by atoms with Crippen LogP contribution in [0, 0.1) is 0 Å². The van der Waals surface area contributed by atoms with Crippen molar-refractivity contribution in [1.29, 1.82) is 0 Å². The van der Waals surface area contributed by atoms with Crippen LogP contribution in [0.1, 0.15) is 0 Å². The Morgan fingerprint density at radius 3 is 1.19 bits per heavy atom. The molecule has 0 aliphatic heterocycles. The largest absolute Gasteiger partial charge is 0.631 e. The van der Waals surface area contributed by atoms with Crippen LogP contribution in [0.15, 0.2) is 54.9 Å². The van der Waals surface area contributed by atoms with Crippen molar-refractivity contribution in [2.45, 2.75) is 0 Å². The zero-order valence-electron chi connectivity index (χ0n) is 8.56. The van der Waals surface area contributed by atoms with Crippen molar-refractivity contribution in [1.82, 2.24) is 4.98 Å². The Bertz CT molecular complexity index is 339. The summed E-state index contributed by atoms with van der Waals surface area (Å²) < 4.78 is 0. The molecule has 3 rings (SSSR count). The average molecular weight is 217 g/mol. The molecule has 2 aliphatic rings. The van der Waals surface area contributed by atoms with E-state index < -0.39 is 7.32 Å². The Morgan fingerprint density at radius 1 is 0.750 bits per heavy atom. The molecule has 0 saturated heterocycles. The molecule has 5 heteroatoms. The summed E-state index contributed by atoms with van der Waals surface area (Å²) >= 11 is 0. The third-order valence-electron chi connectivity index (χ3n) is 1.78. The van der Waals surface area contributed by atoms with Crippen molar-refractivity contribution < 1.29 is 15.1 Å². The molecule has 0 amide bonds. The summed E-state index contributed by atoms with van der Waals surface area (Å²) in [5.74, 6) is 0. The molecule has 0 aromatic carbocycles. The van der Waals surface area contributed by atoms with Gasteiger partial charge in [-0.25, -0.2) is 0 Å². The maximum atomic E-state index is 7.17. The standard InChI is InChI=1S/C6H4.C5H5N.BH3O3/c1-2-6-4-3-5(1)6;1-2-4-6-5-3-1;2-1(3)4/h1-4H;1-5H;2-4H. The summed E-state index contributed by atoms with van der Waals surface area (Å²) in [7, 11) is -2.17. The summed E-state index contributed by atoms with van der Waals surface area (Å²) in [6.45, 7) is 0. The minimum atomic E-state index is -2.17. The molecule has 2 aliphatic carbocycles. The van der Waals surface area contributed by atoms with Gasteiger partial charge in [0.1, 0.15) is 0 Å². The molecule has 0 fully saturated rings. The Labute approximate surface area is 94.0 Å². The number of fused-ring (bicyclic) bond motifs is 1. The minimum absolute atomic E-state index is 1.43. The normalized spacial score (nSPS) is 8.94. The molecule has 0 atom stereocenters. The van der Waals surface area contributed by atoms with Crippen LogP contribution in [0.3, 0.4) is 0 Å². The van der Waals surface area contributed by atoms with Gasteiger partial charge in [-0.15, -0.1) is 0 Å². The zero-order valence-corrected chi connectivity index (χ0v) is 8.56. The van der Waals surface area contributed by atoms with Gasteiger partial charge in [-0.2, -0.15) is 0 Å². The lowest BCUT2D eigenvalue weighted by molar-refractivity contribution is 0.278. The molecule has 1 aromatic rings.